The van der Waals surface area contributed by atoms with E-state index in [1.54, 1.807) is 7.11 Å². The molecule has 0 N–H and O–H groups in total. The van der Waals surface area contributed by atoms with Crippen molar-refractivity contribution >= 4 is 11.0 Å². The summed E-state index contributed by atoms with van der Waals surface area (Å²) in [6.45, 7) is 0. The zero-order chi connectivity index (χ0) is 18.7. The molecule has 28 heavy (non-hydrogen) atoms. The van der Waals surface area contributed by atoms with Crippen molar-refractivity contribution in [2.45, 2.75) is 38.1 Å². The monoisotopic (exact) mass is 371 g/mol. The molecular formula is C22H21N5O. The Balaban J connectivity index is 1.50. The molecular weight excluding hydrogens is 350 g/mol. The number of fused-ring (bicyclic) bond motifs is 2. The van der Waals surface area contributed by atoms with Crippen LogP contribution >= 0.6 is 0 Å². The summed E-state index contributed by atoms with van der Waals surface area (Å²) in [7, 11) is 1.71. The first-order valence-electron chi connectivity index (χ1n) is 9.90. The molecule has 1 fully saturated rings. The van der Waals surface area contributed by atoms with Gasteiger partial charge in [-0.2, -0.15) is 10.2 Å². The fourth-order valence-corrected chi connectivity index (χ4v) is 4.31. The highest BCUT2D eigenvalue weighted by Gasteiger charge is 2.25. The summed E-state index contributed by atoms with van der Waals surface area (Å²) in [5, 5.41) is 9.08. The molecule has 0 bridgehead atoms. The van der Waals surface area contributed by atoms with Crippen molar-refractivity contribution in [2.24, 2.45) is 0 Å². The summed E-state index contributed by atoms with van der Waals surface area (Å²) in [6.07, 6.45) is 11.6. The van der Waals surface area contributed by atoms with Crippen molar-refractivity contribution in [3.8, 4) is 22.7 Å². The maximum atomic E-state index is 5.76. The van der Waals surface area contributed by atoms with E-state index < -0.39 is 0 Å². The van der Waals surface area contributed by atoms with E-state index >= 15 is 0 Å². The molecule has 6 heteroatoms. The van der Waals surface area contributed by atoms with Gasteiger partial charge in [0.15, 0.2) is 0 Å². The molecule has 140 valence electrons. The van der Waals surface area contributed by atoms with Gasteiger partial charge in [0.25, 0.3) is 0 Å². The zero-order valence-electron chi connectivity index (χ0n) is 15.8. The number of nitrogens with zero attached hydrogens (tertiary/aromatic N) is 5. The normalized spacial score (nSPS) is 15.9. The number of ether oxygens (including phenoxy) is 1. The van der Waals surface area contributed by atoms with Crippen LogP contribution in [0.5, 0.6) is 5.75 Å². The van der Waals surface area contributed by atoms with Crippen LogP contribution < -0.4 is 4.74 Å². The average Bonchev–Trinajstić information content (AvgIpc) is 3.12. The van der Waals surface area contributed by atoms with Crippen molar-refractivity contribution in [1.29, 1.82) is 0 Å². The van der Waals surface area contributed by atoms with Crippen molar-refractivity contribution in [3.05, 3.63) is 54.0 Å². The Morgan fingerprint density at radius 3 is 2.89 bits per heavy atom. The lowest BCUT2D eigenvalue weighted by Crippen LogP contribution is -1.98. The fourth-order valence-electron chi connectivity index (χ4n) is 4.31. The van der Waals surface area contributed by atoms with Gasteiger partial charge in [0, 0.05) is 11.6 Å². The molecule has 0 aliphatic heterocycles. The van der Waals surface area contributed by atoms with E-state index in [1.165, 1.54) is 36.0 Å². The summed E-state index contributed by atoms with van der Waals surface area (Å²) in [4.78, 5) is 4.96. The molecule has 1 saturated carbocycles. The third-order valence-electron chi connectivity index (χ3n) is 5.89. The molecule has 6 nitrogen and oxygen atoms in total. The number of hydrogen-bond acceptors (Lipinski definition) is 4. The van der Waals surface area contributed by atoms with Crippen LogP contribution in [0.3, 0.4) is 0 Å². The summed E-state index contributed by atoms with van der Waals surface area (Å²) >= 11 is 0. The molecule has 0 spiro atoms. The van der Waals surface area contributed by atoms with E-state index in [0.717, 1.165) is 41.0 Å². The van der Waals surface area contributed by atoms with Gasteiger partial charge in [-0.1, -0.05) is 18.2 Å². The minimum Gasteiger partial charge on any atom is -0.494 e. The van der Waals surface area contributed by atoms with Gasteiger partial charge < -0.3 is 4.74 Å². The molecule has 6 rings (SSSR count). The van der Waals surface area contributed by atoms with E-state index in [2.05, 4.69) is 34.6 Å². The molecule has 0 unspecified atom stereocenters. The summed E-state index contributed by atoms with van der Waals surface area (Å²) < 4.78 is 9.69. The lowest BCUT2D eigenvalue weighted by molar-refractivity contribution is 0.415. The Morgan fingerprint density at radius 1 is 1.11 bits per heavy atom. The maximum Gasteiger partial charge on any atom is 0.147 e. The van der Waals surface area contributed by atoms with Gasteiger partial charge >= 0.3 is 0 Å². The van der Waals surface area contributed by atoms with E-state index in [-0.39, 0.29) is 0 Å². The standard InChI is InChI=1S/C22H21N5O/c1-28-21-10-20-19(12-24-27(20)16-11-23-26(13-16)15-8-9-15)25-22(21)18-7-3-5-14-4-2-6-17(14)18/h3,5,7,10-13,15H,2,4,6,8-9H2,1H3. The van der Waals surface area contributed by atoms with E-state index in [9.17, 15) is 0 Å². The Labute approximate surface area is 162 Å². The maximum absolute atomic E-state index is 5.76. The zero-order valence-corrected chi connectivity index (χ0v) is 15.8. The summed E-state index contributed by atoms with van der Waals surface area (Å²) in [6, 6.07) is 9.11. The second kappa shape index (κ2) is 5.92. The van der Waals surface area contributed by atoms with Crippen LogP contribution in [-0.2, 0) is 12.8 Å². The van der Waals surface area contributed by atoms with Crippen molar-refractivity contribution in [2.75, 3.05) is 7.11 Å². The molecule has 1 aromatic carbocycles. The van der Waals surface area contributed by atoms with Crippen LogP contribution in [0.15, 0.2) is 42.9 Å². The smallest absolute Gasteiger partial charge is 0.147 e. The van der Waals surface area contributed by atoms with Gasteiger partial charge in [0.05, 0.1) is 37.3 Å². The molecule has 3 aromatic heterocycles. The van der Waals surface area contributed by atoms with Crippen LogP contribution in [0.4, 0.5) is 0 Å². The largest absolute Gasteiger partial charge is 0.494 e. The molecule has 0 saturated heterocycles. The molecule has 0 atom stereocenters. The molecule has 2 aliphatic carbocycles. The van der Waals surface area contributed by atoms with Gasteiger partial charge in [0.1, 0.15) is 22.6 Å². The molecule has 4 aromatic rings. The second-order valence-electron chi connectivity index (χ2n) is 7.71. The van der Waals surface area contributed by atoms with E-state index in [1.807, 2.05) is 27.8 Å². The predicted octanol–water partition coefficient (Wildman–Crippen LogP) is 4.12. The van der Waals surface area contributed by atoms with Crippen LogP contribution in [0.2, 0.25) is 0 Å². The van der Waals surface area contributed by atoms with Gasteiger partial charge in [-0.3, -0.25) is 4.68 Å². The van der Waals surface area contributed by atoms with Crippen LogP contribution in [-0.4, -0.2) is 31.7 Å². The second-order valence-corrected chi connectivity index (χ2v) is 7.71. The summed E-state index contributed by atoms with van der Waals surface area (Å²) in [5.74, 6) is 0.782. The van der Waals surface area contributed by atoms with E-state index in [0.29, 0.717) is 6.04 Å². The highest BCUT2D eigenvalue weighted by atomic mass is 16.5. The van der Waals surface area contributed by atoms with Crippen LogP contribution in [0.25, 0.3) is 28.0 Å². The molecule has 0 amide bonds. The Morgan fingerprint density at radius 2 is 2.04 bits per heavy atom. The molecule has 3 heterocycles. The topological polar surface area (TPSA) is 57.8 Å². The first-order chi connectivity index (χ1) is 13.8. The fraction of sp³-hybridized carbons (Fsp3) is 0.318. The van der Waals surface area contributed by atoms with Gasteiger partial charge in [-0.25, -0.2) is 9.67 Å². The van der Waals surface area contributed by atoms with Crippen molar-refractivity contribution < 1.29 is 4.74 Å². The first kappa shape index (κ1) is 15.9. The third-order valence-corrected chi connectivity index (χ3v) is 5.89. The third kappa shape index (κ3) is 2.37. The first-order valence-corrected chi connectivity index (χ1v) is 9.90. The van der Waals surface area contributed by atoms with Gasteiger partial charge in [-0.15, -0.1) is 0 Å². The number of rotatable bonds is 4. The summed E-state index contributed by atoms with van der Waals surface area (Å²) in [5.41, 5.74) is 7.69. The highest BCUT2D eigenvalue weighted by molar-refractivity contribution is 5.84. The number of methoxy groups -OCH3 is 1. The number of aryl methyl sites for hydroxylation is 1. The average molecular weight is 371 g/mol. The minimum atomic E-state index is 0.551. The number of pyridine rings is 1. The number of hydrogen-bond donors (Lipinski definition) is 0. The minimum absolute atomic E-state index is 0.551. The number of benzene rings is 1. The van der Waals surface area contributed by atoms with Crippen molar-refractivity contribution in [1.82, 2.24) is 24.5 Å². The van der Waals surface area contributed by atoms with Crippen molar-refractivity contribution in [3.63, 3.8) is 0 Å². The van der Waals surface area contributed by atoms with Crippen LogP contribution in [0, 0.1) is 0 Å². The highest BCUT2D eigenvalue weighted by Crippen LogP contribution is 2.38. The Hall–Kier alpha value is -3.15. The SMILES string of the molecule is COc1cc2c(cnn2-c2cnn(C3CC3)c2)nc1-c1cccc2c1CCC2. The predicted molar refractivity (Wildman–Crippen MR) is 107 cm³/mol. The Kier molecular flexibility index (Phi) is 3.36. The van der Waals surface area contributed by atoms with E-state index in [4.69, 9.17) is 9.72 Å². The molecule has 2 aliphatic rings. The lowest BCUT2D eigenvalue weighted by atomic mass is 9.99. The van der Waals surface area contributed by atoms with Crippen LogP contribution in [0.1, 0.15) is 36.4 Å². The lowest BCUT2D eigenvalue weighted by Gasteiger charge is -2.12. The van der Waals surface area contributed by atoms with Gasteiger partial charge in [0.2, 0.25) is 0 Å². The quantitative estimate of drug-likeness (QED) is 0.542. The Bertz CT molecular complexity index is 1200. The van der Waals surface area contributed by atoms with Gasteiger partial charge in [-0.05, 0) is 43.2 Å². The number of aromatic nitrogens is 5. The molecule has 0 radical (unpaired) electrons.